The van der Waals surface area contributed by atoms with Gasteiger partial charge in [-0.05, 0) is 24.3 Å². The second-order valence-electron chi connectivity index (χ2n) is 7.84. The molecule has 0 radical (unpaired) electrons. The minimum Gasteiger partial charge on any atom is -0.269 e. The molecule has 0 aliphatic rings. The zero-order valence-electron chi connectivity index (χ0n) is 18.3. The van der Waals surface area contributed by atoms with Crippen LogP contribution in [-0.2, 0) is 5.75 Å². The lowest BCUT2D eigenvalue weighted by Gasteiger charge is -2.07. The molecule has 0 saturated carbocycles. The maximum absolute atomic E-state index is 12.5. The van der Waals surface area contributed by atoms with E-state index in [1.54, 1.807) is 28.8 Å². The minimum absolute atomic E-state index is 0.0427. The van der Waals surface area contributed by atoms with E-state index in [0.29, 0.717) is 44.3 Å². The van der Waals surface area contributed by atoms with Crippen LogP contribution in [0.4, 0.5) is 5.69 Å². The van der Waals surface area contributed by atoms with Gasteiger partial charge in [-0.15, -0.1) is 5.10 Å². The van der Waals surface area contributed by atoms with E-state index >= 15 is 0 Å². The van der Waals surface area contributed by atoms with Crippen molar-refractivity contribution in [2.45, 2.75) is 10.9 Å². The Morgan fingerprint density at radius 1 is 1.00 bits per heavy atom. The van der Waals surface area contributed by atoms with Gasteiger partial charge in [0.25, 0.3) is 11.2 Å². The van der Waals surface area contributed by atoms with Gasteiger partial charge in [-0.2, -0.15) is 4.52 Å². The zero-order chi connectivity index (χ0) is 24.8. The third-order valence-corrected chi connectivity index (χ3v) is 6.68. The molecule has 10 nitrogen and oxygen atoms in total. The molecule has 0 unspecified atom stereocenters. The van der Waals surface area contributed by atoms with E-state index in [9.17, 15) is 14.9 Å². The molecule has 36 heavy (non-hydrogen) atoms. The van der Waals surface area contributed by atoms with Gasteiger partial charge in [-0.3, -0.25) is 19.3 Å². The van der Waals surface area contributed by atoms with Gasteiger partial charge in [0, 0.05) is 41.1 Å². The number of hydrogen-bond acceptors (Lipinski definition) is 8. The average Bonchev–Trinajstić information content (AvgIpc) is 3.34. The molecule has 0 spiro atoms. The van der Waals surface area contributed by atoms with Crippen LogP contribution in [0.2, 0.25) is 5.02 Å². The molecule has 6 rings (SSSR count). The highest BCUT2D eigenvalue weighted by atomic mass is 35.5. The summed E-state index contributed by atoms with van der Waals surface area (Å²) in [4.78, 5) is 37.3. The van der Waals surface area contributed by atoms with Gasteiger partial charge in [-0.25, -0.2) is 15.0 Å². The Bertz CT molecular complexity index is 1890. The molecule has 176 valence electrons. The fraction of sp³-hybridized carbons (Fsp3) is 0.0417. The summed E-state index contributed by atoms with van der Waals surface area (Å²) in [5.41, 5.74) is 2.62. The van der Waals surface area contributed by atoms with Crippen molar-refractivity contribution in [2.24, 2.45) is 0 Å². The summed E-state index contributed by atoms with van der Waals surface area (Å²) in [7, 11) is 0. The summed E-state index contributed by atoms with van der Waals surface area (Å²) in [6.07, 6.45) is 1.53. The van der Waals surface area contributed by atoms with E-state index < -0.39 is 4.92 Å². The van der Waals surface area contributed by atoms with E-state index in [1.807, 2.05) is 24.3 Å². The van der Waals surface area contributed by atoms with Crippen LogP contribution in [0.15, 0.2) is 82.9 Å². The monoisotopic (exact) mass is 515 g/mol. The largest absolute Gasteiger partial charge is 0.270 e. The first kappa shape index (κ1) is 22.1. The summed E-state index contributed by atoms with van der Waals surface area (Å²) in [6, 6.07) is 18.6. The van der Waals surface area contributed by atoms with Crippen LogP contribution < -0.4 is 5.56 Å². The fourth-order valence-electron chi connectivity index (χ4n) is 3.84. The van der Waals surface area contributed by atoms with Gasteiger partial charge in [0.05, 0.1) is 21.2 Å². The molecule has 0 amide bonds. The summed E-state index contributed by atoms with van der Waals surface area (Å²) >= 11 is 7.36. The summed E-state index contributed by atoms with van der Waals surface area (Å²) < 4.78 is 3.01. The highest BCUT2D eigenvalue weighted by Gasteiger charge is 2.17. The smallest absolute Gasteiger partial charge is 0.269 e. The minimum atomic E-state index is -0.454. The fourth-order valence-corrected chi connectivity index (χ4v) is 4.84. The molecular weight excluding hydrogens is 502 g/mol. The van der Waals surface area contributed by atoms with Gasteiger partial charge >= 0.3 is 0 Å². The Balaban J connectivity index is 1.43. The molecule has 4 heterocycles. The summed E-state index contributed by atoms with van der Waals surface area (Å²) in [5, 5.41) is 17.6. The first-order chi connectivity index (χ1) is 17.5. The highest BCUT2D eigenvalue weighted by Crippen LogP contribution is 2.29. The van der Waals surface area contributed by atoms with Crippen LogP contribution in [0.3, 0.4) is 0 Å². The van der Waals surface area contributed by atoms with Crippen molar-refractivity contribution in [2.75, 3.05) is 0 Å². The molecule has 2 aromatic carbocycles. The number of rotatable bonds is 5. The Hall–Kier alpha value is -4.35. The van der Waals surface area contributed by atoms with Crippen LogP contribution >= 0.6 is 23.4 Å². The van der Waals surface area contributed by atoms with E-state index in [4.69, 9.17) is 16.6 Å². The van der Waals surface area contributed by atoms with Gasteiger partial charge in [0.2, 0.25) is 0 Å². The van der Waals surface area contributed by atoms with Crippen molar-refractivity contribution in [3.8, 4) is 11.4 Å². The maximum atomic E-state index is 12.5. The topological polar surface area (TPSA) is 121 Å². The lowest BCUT2D eigenvalue weighted by atomic mass is 10.2. The van der Waals surface area contributed by atoms with Crippen LogP contribution in [0.1, 0.15) is 5.69 Å². The number of nitrogens with zero attached hydrogens (tertiary/aromatic N) is 7. The molecule has 6 aromatic rings. The number of halogens is 1. The van der Waals surface area contributed by atoms with Gasteiger partial charge in [0.1, 0.15) is 5.65 Å². The maximum Gasteiger partial charge on any atom is 0.270 e. The third kappa shape index (κ3) is 3.93. The second kappa shape index (κ2) is 8.70. The second-order valence-corrected chi connectivity index (χ2v) is 9.22. The van der Waals surface area contributed by atoms with Crippen molar-refractivity contribution in [1.29, 1.82) is 0 Å². The predicted octanol–water partition coefficient (Wildman–Crippen LogP) is 4.81. The first-order valence-electron chi connectivity index (χ1n) is 10.7. The first-order valence-corrected chi connectivity index (χ1v) is 12.0. The molecule has 12 heteroatoms. The van der Waals surface area contributed by atoms with Crippen LogP contribution in [0.5, 0.6) is 0 Å². The molecule has 0 saturated heterocycles. The number of nitro groups is 1. The number of non-ortho nitro benzene ring substituents is 1. The van der Waals surface area contributed by atoms with Gasteiger partial charge in [-0.1, -0.05) is 47.6 Å². The molecule has 0 N–H and O–H groups in total. The third-order valence-electron chi connectivity index (χ3n) is 5.49. The molecule has 4 aromatic heterocycles. The standard InChI is InChI=1S/C24H14ClN7O3S/c25-15-8-9-20-26-16(11-21(33)30(20)12-15)13-36-24-27-19-7-2-1-6-18(19)23-28-22(29-31(23)24)14-4-3-5-17(10-14)32(34)35/h1-12H,13H2. The van der Waals surface area contributed by atoms with E-state index in [1.165, 1.54) is 40.6 Å². The average molecular weight is 516 g/mol. The van der Waals surface area contributed by atoms with E-state index in [-0.39, 0.29) is 11.2 Å². The number of para-hydroxylation sites is 1. The number of hydrogen-bond donors (Lipinski definition) is 0. The number of benzene rings is 2. The van der Waals surface area contributed by atoms with E-state index in [2.05, 4.69) is 15.1 Å². The lowest BCUT2D eigenvalue weighted by Crippen LogP contribution is -2.15. The number of aromatic nitrogens is 6. The Kier molecular flexibility index (Phi) is 5.35. The number of pyridine rings is 1. The number of thioether (sulfide) groups is 1. The van der Waals surface area contributed by atoms with Crippen LogP contribution in [-0.4, -0.2) is 33.9 Å². The SMILES string of the molecule is O=c1cc(CSc2nc3ccccc3c3nc(-c4cccc([N+](=O)[O-])c4)nn23)nc2ccc(Cl)cn12. The molecule has 0 atom stereocenters. The molecule has 0 aliphatic carbocycles. The Labute approximate surface area is 211 Å². The Morgan fingerprint density at radius 3 is 2.72 bits per heavy atom. The normalized spacial score (nSPS) is 11.5. The van der Waals surface area contributed by atoms with Crippen LogP contribution in [0, 0.1) is 10.1 Å². The molecule has 0 bridgehead atoms. The highest BCUT2D eigenvalue weighted by molar-refractivity contribution is 7.98. The molecule has 0 fully saturated rings. The van der Waals surface area contributed by atoms with Crippen LogP contribution in [0.25, 0.3) is 33.6 Å². The Morgan fingerprint density at radius 2 is 1.86 bits per heavy atom. The van der Waals surface area contributed by atoms with Crippen molar-refractivity contribution >= 4 is 51.2 Å². The van der Waals surface area contributed by atoms with Crippen molar-refractivity contribution in [3.05, 3.63) is 104 Å². The molecule has 0 aliphatic heterocycles. The van der Waals surface area contributed by atoms with E-state index in [0.717, 1.165) is 10.9 Å². The van der Waals surface area contributed by atoms with Gasteiger partial charge in [0.15, 0.2) is 16.6 Å². The zero-order valence-corrected chi connectivity index (χ0v) is 19.8. The number of nitro benzene ring substituents is 1. The predicted molar refractivity (Wildman–Crippen MR) is 136 cm³/mol. The quantitative estimate of drug-likeness (QED) is 0.139. The van der Waals surface area contributed by atoms with Crippen molar-refractivity contribution in [1.82, 2.24) is 29.0 Å². The van der Waals surface area contributed by atoms with Crippen molar-refractivity contribution < 1.29 is 4.92 Å². The van der Waals surface area contributed by atoms with Crippen molar-refractivity contribution in [3.63, 3.8) is 0 Å². The lowest BCUT2D eigenvalue weighted by molar-refractivity contribution is -0.384. The number of fused-ring (bicyclic) bond motifs is 4. The van der Waals surface area contributed by atoms with Gasteiger partial charge < -0.3 is 0 Å². The summed E-state index contributed by atoms with van der Waals surface area (Å²) in [6.45, 7) is 0. The molecular formula is C24H14ClN7O3S. The summed E-state index contributed by atoms with van der Waals surface area (Å²) in [5.74, 6) is 0.707.